The minimum Gasteiger partial charge on any atom is -0.414 e. The first-order chi connectivity index (χ1) is 17.3. The van der Waals surface area contributed by atoms with Crippen LogP contribution in [0.2, 0.25) is 18.1 Å². The Kier molecular flexibility index (Phi) is 8.21. The highest BCUT2D eigenvalue weighted by atomic mass is 28.4. The van der Waals surface area contributed by atoms with Gasteiger partial charge in [-0.25, -0.2) is 0 Å². The van der Waals surface area contributed by atoms with Crippen molar-refractivity contribution >= 4 is 8.32 Å². The summed E-state index contributed by atoms with van der Waals surface area (Å²) in [6.07, 6.45) is 5.71. The van der Waals surface area contributed by atoms with Crippen LogP contribution in [0.25, 0.3) is 0 Å². The summed E-state index contributed by atoms with van der Waals surface area (Å²) in [5, 5.41) is 9.73. The van der Waals surface area contributed by atoms with E-state index >= 15 is 0 Å². The summed E-state index contributed by atoms with van der Waals surface area (Å²) in [7, 11) is -1.93. The summed E-state index contributed by atoms with van der Waals surface area (Å²) in [5.74, 6) is 3.77. The average Bonchev–Trinajstić information content (AvgIpc) is 3.14. The largest absolute Gasteiger partial charge is 0.417 e. The number of hydrogen-bond acceptors (Lipinski definition) is 2. The molecule has 0 aliphatic heterocycles. The highest BCUT2D eigenvalue weighted by Gasteiger charge is 2.63. The fraction of sp³-hybridized carbons (Fsp3) is 0.938. The lowest BCUT2D eigenvalue weighted by Crippen LogP contribution is -2.60. The van der Waals surface area contributed by atoms with E-state index in [1.54, 1.807) is 6.08 Å². The van der Waals surface area contributed by atoms with Gasteiger partial charge >= 0.3 is 6.18 Å². The molecule has 0 spiro atoms. The molecule has 1 N–H and O–H groups in total. The fourth-order valence-electron chi connectivity index (χ4n) is 9.58. The van der Waals surface area contributed by atoms with Gasteiger partial charge in [0.1, 0.15) is 0 Å². The molecule has 4 unspecified atom stereocenters. The minimum absolute atomic E-state index is 0.0280. The maximum atomic E-state index is 12.9. The maximum absolute atomic E-state index is 12.9. The number of rotatable bonds is 5. The molecule has 0 saturated heterocycles. The van der Waals surface area contributed by atoms with Gasteiger partial charge in [-0.05, 0) is 115 Å². The van der Waals surface area contributed by atoms with Crippen LogP contribution < -0.4 is 0 Å². The van der Waals surface area contributed by atoms with Crippen LogP contribution in [0, 0.1) is 52.3 Å². The molecule has 4 aliphatic carbocycles. The number of fused-ring (bicyclic) bond motifs is 5. The monoisotopic (exact) mass is 556 g/mol. The van der Waals surface area contributed by atoms with Crippen molar-refractivity contribution in [1.29, 1.82) is 0 Å². The van der Waals surface area contributed by atoms with Gasteiger partial charge in [0.2, 0.25) is 0 Å². The second-order valence-corrected chi connectivity index (χ2v) is 20.7. The summed E-state index contributed by atoms with van der Waals surface area (Å²) in [6, 6.07) is 0. The van der Waals surface area contributed by atoms with Gasteiger partial charge in [0, 0.05) is 6.10 Å². The van der Waals surface area contributed by atoms with Crippen molar-refractivity contribution in [2.24, 2.45) is 52.3 Å². The van der Waals surface area contributed by atoms with Crippen molar-refractivity contribution in [3.05, 3.63) is 12.2 Å². The molecule has 0 aromatic rings. The highest BCUT2D eigenvalue weighted by Crippen LogP contribution is 2.69. The first kappa shape index (κ1) is 30.6. The quantitative estimate of drug-likeness (QED) is 0.270. The number of aliphatic hydroxyl groups is 1. The SMILES string of the molecule is C[C@@H]1CC[C@]2(C)C3CC[C@@]4(C)C(CC[C@@H]4[C@H](C)/C=C/C(O)C(F)(F)F)C3C[C@H](O[Si](C)(C)C(C)(C)C)[C@@H]2C1. The van der Waals surface area contributed by atoms with Gasteiger partial charge in [-0.3, -0.25) is 0 Å². The Labute approximate surface area is 231 Å². The van der Waals surface area contributed by atoms with Gasteiger partial charge in [0.15, 0.2) is 14.4 Å². The minimum atomic E-state index is -4.60. The van der Waals surface area contributed by atoms with Crippen LogP contribution in [0.15, 0.2) is 12.2 Å². The molecule has 220 valence electrons. The zero-order valence-corrected chi connectivity index (χ0v) is 26.5. The molecular weight excluding hydrogens is 501 g/mol. The molecule has 0 aromatic heterocycles. The van der Waals surface area contributed by atoms with Crippen LogP contribution in [0.1, 0.15) is 99.8 Å². The number of alkyl halides is 3. The normalized spacial score (nSPS) is 43.9. The molecule has 4 fully saturated rings. The summed E-state index contributed by atoms with van der Waals surface area (Å²) in [5.41, 5.74) is 0.463. The van der Waals surface area contributed by atoms with Crippen LogP contribution in [-0.4, -0.2) is 31.8 Å². The van der Waals surface area contributed by atoms with Crippen molar-refractivity contribution in [1.82, 2.24) is 0 Å². The van der Waals surface area contributed by atoms with E-state index in [9.17, 15) is 18.3 Å². The molecule has 0 bridgehead atoms. The molecule has 0 amide bonds. The zero-order valence-electron chi connectivity index (χ0n) is 25.5. The van der Waals surface area contributed by atoms with E-state index in [0.29, 0.717) is 35.2 Å². The molecule has 38 heavy (non-hydrogen) atoms. The predicted molar refractivity (Wildman–Crippen MR) is 152 cm³/mol. The van der Waals surface area contributed by atoms with Crippen molar-refractivity contribution in [2.75, 3.05) is 0 Å². The van der Waals surface area contributed by atoms with E-state index in [2.05, 4.69) is 61.6 Å². The second kappa shape index (κ2) is 10.2. The molecular formula is C32H55F3O2Si. The molecule has 4 aliphatic rings. The first-order valence-corrected chi connectivity index (χ1v) is 18.3. The summed E-state index contributed by atoms with van der Waals surface area (Å²) in [4.78, 5) is 0. The Morgan fingerprint density at radius 3 is 2.11 bits per heavy atom. The summed E-state index contributed by atoms with van der Waals surface area (Å²) in [6.45, 7) is 21.4. The maximum Gasteiger partial charge on any atom is 0.417 e. The van der Waals surface area contributed by atoms with E-state index in [0.717, 1.165) is 30.8 Å². The van der Waals surface area contributed by atoms with E-state index in [1.807, 2.05) is 0 Å². The van der Waals surface area contributed by atoms with Crippen LogP contribution >= 0.6 is 0 Å². The Balaban J connectivity index is 1.61. The van der Waals surface area contributed by atoms with Gasteiger partial charge in [0.05, 0.1) is 0 Å². The lowest BCUT2D eigenvalue weighted by atomic mass is 9.43. The number of aliphatic hydroxyl groups excluding tert-OH is 1. The van der Waals surface area contributed by atoms with Crippen LogP contribution in [0.3, 0.4) is 0 Å². The van der Waals surface area contributed by atoms with Crippen molar-refractivity contribution in [2.45, 2.75) is 136 Å². The Morgan fingerprint density at radius 1 is 0.895 bits per heavy atom. The van der Waals surface area contributed by atoms with Crippen molar-refractivity contribution < 1.29 is 22.7 Å². The van der Waals surface area contributed by atoms with Gasteiger partial charge in [0.25, 0.3) is 0 Å². The first-order valence-electron chi connectivity index (χ1n) is 15.4. The lowest BCUT2D eigenvalue weighted by molar-refractivity contribution is -0.187. The topological polar surface area (TPSA) is 29.5 Å². The molecule has 6 heteroatoms. The predicted octanol–water partition coefficient (Wildman–Crippen LogP) is 9.40. The lowest BCUT2D eigenvalue weighted by Gasteiger charge is -2.64. The van der Waals surface area contributed by atoms with Gasteiger partial charge in [-0.1, -0.05) is 67.0 Å². The summed E-state index contributed by atoms with van der Waals surface area (Å²) >= 11 is 0. The Morgan fingerprint density at radius 2 is 1.50 bits per heavy atom. The Hall–Kier alpha value is -0.333. The molecule has 0 radical (unpaired) electrons. The molecule has 11 atom stereocenters. The van der Waals surface area contributed by atoms with Crippen LogP contribution in [0.4, 0.5) is 13.2 Å². The highest BCUT2D eigenvalue weighted by molar-refractivity contribution is 6.74. The van der Waals surface area contributed by atoms with Crippen LogP contribution in [-0.2, 0) is 4.43 Å². The second-order valence-electron chi connectivity index (χ2n) is 16.0. The van der Waals surface area contributed by atoms with Gasteiger partial charge in [-0.15, -0.1) is 0 Å². The van der Waals surface area contributed by atoms with E-state index in [-0.39, 0.29) is 16.4 Å². The standard InChI is InChI=1S/C32H55F3O2Si/c1-20-14-16-31(7)25-15-17-30(6)23(21(2)10-13-28(36)32(33,34)35)11-12-24(30)22(25)19-27(26(31)18-20)37-38(8,9)29(3,4)5/h10,13,20-28,36H,11-12,14-19H2,1-9H3/b13-10+/t20-,21-,22?,23-,24?,25?,26+,27+,28?,30-,31-/m1/s1. The van der Waals surface area contributed by atoms with Gasteiger partial charge in [-0.2, -0.15) is 13.2 Å². The Bertz CT molecular complexity index is 879. The van der Waals surface area contributed by atoms with Crippen molar-refractivity contribution in [3.8, 4) is 0 Å². The number of allylic oxidation sites excluding steroid dienone is 1. The van der Waals surface area contributed by atoms with Crippen LogP contribution in [0.5, 0.6) is 0 Å². The third kappa shape index (κ3) is 5.33. The van der Waals surface area contributed by atoms with E-state index < -0.39 is 20.6 Å². The fourth-order valence-corrected chi connectivity index (χ4v) is 11.0. The molecule has 4 rings (SSSR count). The molecule has 0 heterocycles. The smallest absolute Gasteiger partial charge is 0.414 e. The number of hydrogen-bond donors (Lipinski definition) is 1. The number of halogens is 3. The third-order valence-corrected chi connectivity index (χ3v) is 17.3. The average molecular weight is 557 g/mol. The molecule has 2 nitrogen and oxygen atoms in total. The molecule has 4 saturated carbocycles. The zero-order chi connectivity index (χ0) is 28.5. The summed E-state index contributed by atoms with van der Waals surface area (Å²) < 4.78 is 46.1. The molecule has 0 aromatic carbocycles. The van der Waals surface area contributed by atoms with E-state index in [1.165, 1.54) is 38.5 Å². The van der Waals surface area contributed by atoms with Gasteiger partial charge < -0.3 is 9.53 Å². The van der Waals surface area contributed by atoms with Crippen molar-refractivity contribution in [3.63, 3.8) is 0 Å². The van der Waals surface area contributed by atoms with E-state index in [4.69, 9.17) is 4.43 Å². The third-order valence-electron chi connectivity index (χ3n) is 12.8.